The average Bonchev–Trinajstić information content (AvgIpc) is 2.88. The molecular weight excluding hydrogens is 330 g/mol. The van der Waals surface area contributed by atoms with Crippen molar-refractivity contribution in [3.8, 4) is 0 Å². The van der Waals surface area contributed by atoms with Gasteiger partial charge in [-0.05, 0) is 18.2 Å². The second-order valence-corrected chi connectivity index (χ2v) is 7.72. The van der Waals surface area contributed by atoms with Crippen LogP contribution in [0.3, 0.4) is 0 Å². The molecule has 0 spiro atoms. The first-order valence-corrected chi connectivity index (χ1v) is 9.12. The fourth-order valence-electron chi connectivity index (χ4n) is 2.55. The van der Waals surface area contributed by atoms with Crippen LogP contribution in [0.15, 0.2) is 10.3 Å². The van der Waals surface area contributed by atoms with Gasteiger partial charge < -0.3 is 15.2 Å². The van der Waals surface area contributed by atoms with Crippen LogP contribution in [0.1, 0.15) is 29.6 Å². The summed E-state index contributed by atoms with van der Waals surface area (Å²) < 4.78 is 28.3. The molecule has 1 aromatic heterocycles. The number of nitrogens with two attached hydrogens (primary N) is 1. The number of β-amino-alcohol motifs (C(OH)–C–C–N with tert-alkyl or cyclic N) is 1. The molecular formula is C12H19N3O5S2. The molecule has 0 aromatic carbocycles. The van der Waals surface area contributed by atoms with E-state index in [1.54, 1.807) is 4.90 Å². The first-order chi connectivity index (χ1) is 10.4. The number of aliphatic hydroxyl groups is 1. The molecule has 0 radical (unpaired) electrons. The monoisotopic (exact) mass is 349 g/mol. The van der Waals surface area contributed by atoms with Gasteiger partial charge in [-0.25, -0.2) is 13.6 Å². The van der Waals surface area contributed by atoms with E-state index < -0.39 is 16.3 Å². The number of carbonyl (C=O) groups excluding carboxylic acids is 1. The van der Waals surface area contributed by atoms with Gasteiger partial charge in [0.2, 0.25) is 10.0 Å². The number of nitrogens with one attached hydrogen (secondary N) is 1. The number of carbonyl (C=O) groups is 1. The Labute approximate surface area is 132 Å². The van der Waals surface area contributed by atoms with Crippen LogP contribution in [0.5, 0.6) is 0 Å². The molecule has 2 atom stereocenters. The highest BCUT2D eigenvalue weighted by molar-refractivity contribution is 7.91. The topological polar surface area (TPSA) is 122 Å². The molecule has 8 nitrogen and oxygen atoms in total. The minimum atomic E-state index is -3.82. The van der Waals surface area contributed by atoms with E-state index in [0.29, 0.717) is 31.0 Å². The number of hydrogen-bond donors (Lipinski definition) is 3. The Hall–Kier alpha value is -1.04. The molecule has 1 aliphatic rings. The average molecular weight is 349 g/mol. The van der Waals surface area contributed by atoms with Gasteiger partial charge >= 0.3 is 0 Å². The van der Waals surface area contributed by atoms with E-state index in [4.69, 9.17) is 9.88 Å². The van der Waals surface area contributed by atoms with Crippen molar-refractivity contribution in [2.24, 2.45) is 5.14 Å². The molecule has 0 bridgehead atoms. The van der Waals surface area contributed by atoms with Crippen molar-refractivity contribution in [1.29, 1.82) is 0 Å². The number of fused-ring (bicyclic) bond motifs is 1. The van der Waals surface area contributed by atoms with E-state index in [9.17, 15) is 18.3 Å². The molecule has 2 heterocycles. The van der Waals surface area contributed by atoms with E-state index in [0.717, 1.165) is 16.9 Å². The highest BCUT2D eigenvalue weighted by atomic mass is 32.2. The molecule has 0 fully saturated rings. The smallest absolute Gasteiger partial charge is 0.294 e. The zero-order valence-corrected chi connectivity index (χ0v) is 13.7. The predicted octanol–water partition coefficient (Wildman–Crippen LogP) is -0.474. The number of sulfonamides is 1. The molecule has 0 saturated heterocycles. The Bertz CT molecular complexity index is 631. The fraction of sp³-hybridized carbons (Fsp3) is 0.583. The number of aliphatic hydroxyl groups excluding tert-OH is 1. The minimum absolute atomic E-state index is 0.0331. The van der Waals surface area contributed by atoms with Crippen LogP contribution >= 0.6 is 11.3 Å². The quantitative estimate of drug-likeness (QED) is 0.569. The molecule has 0 amide bonds. The molecule has 2 rings (SSSR count). The number of ether oxygens (including phenoxy) is 1. The van der Waals surface area contributed by atoms with Gasteiger partial charge in [-0.2, -0.15) is 0 Å². The Kier molecular flexibility index (Phi) is 5.53. The lowest BCUT2D eigenvalue weighted by molar-refractivity contribution is -0.146. The maximum atomic E-state index is 11.6. The summed E-state index contributed by atoms with van der Waals surface area (Å²) in [4.78, 5) is 13.2. The Morgan fingerprint density at radius 3 is 2.91 bits per heavy atom. The molecule has 0 aliphatic carbocycles. The van der Waals surface area contributed by atoms with Crippen LogP contribution in [-0.4, -0.2) is 51.1 Å². The van der Waals surface area contributed by atoms with Crippen LogP contribution < -0.4 is 10.5 Å². The number of primary sulfonamides is 1. The van der Waals surface area contributed by atoms with Gasteiger partial charge in [0.25, 0.3) is 6.47 Å². The molecule has 4 N–H and O–H groups in total. The number of hydrogen-bond acceptors (Lipinski definition) is 8. The summed E-state index contributed by atoms with van der Waals surface area (Å²) in [6.07, 6.45) is -0.713. The van der Waals surface area contributed by atoms with Crippen molar-refractivity contribution in [1.82, 2.24) is 10.2 Å². The van der Waals surface area contributed by atoms with Crippen LogP contribution in [-0.2, 0) is 19.6 Å². The Morgan fingerprint density at radius 1 is 1.64 bits per heavy atom. The first kappa shape index (κ1) is 17.3. The predicted molar refractivity (Wildman–Crippen MR) is 80.7 cm³/mol. The minimum Gasteiger partial charge on any atom is -0.443 e. The van der Waals surface area contributed by atoms with Crippen LogP contribution in [0.4, 0.5) is 0 Å². The van der Waals surface area contributed by atoms with Crippen molar-refractivity contribution < 1.29 is 23.1 Å². The van der Waals surface area contributed by atoms with Crippen LogP contribution in [0, 0.1) is 0 Å². The normalized spacial score (nSPS) is 22.3. The lowest BCUT2D eigenvalue weighted by atomic mass is 10.0. The standard InChI is InChI=1S/C12H19N3O5S2/c1-2-14-9-6-15(3-4-16)12(20-7-17)11-8(9)5-10(21-11)22(13,18)19/h5,7,9,12,14,16H,2-4,6H2,1H3,(H2,13,18,19). The van der Waals surface area contributed by atoms with Gasteiger partial charge in [0.15, 0.2) is 6.23 Å². The summed E-state index contributed by atoms with van der Waals surface area (Å²) in [5.74, 6) is 0. The van der Waals surface area contributed by atoms with Gasteiger partial charge in [-0.1, -0.05) is 6.92 Å². The van der Waals surface area contributed by atoms with Crippen molar-refractivity contribution in [2.75, 3.05) is 26.2 Å². The third-order valence-corrected chi connectivity index (χ3v) is 6.02. The summed E-state index contributed by atoms with van der Waals surface area (Å²) in [7, 11) is -3.82. The summed E-state index contributed by atoms with van der Waals surface area (Å²) in [5, 5.41) is 17.6. The maximum Gasteiger partial charge on any atom is 0.294 e. The lowest BCUT2D eigenvalue weighted by Gasteiger charge is -2.37. The molecule has 1 aromatic rings. The summed E-state index contributed by atoms with van der Waals surface area (Å²) >= 11 is 0.989. The Morgan fingerprint density at radius 2 is 2.36 bits per heavy atom. The van der Waals surface area contributed by atoms with E-state index in [-0.39, 0.29) is 16.9 Å². The maximum absolute atomic E-state index is 11.6. The number of rotatable bonds is 7. The summed E-state index contributed by atoms with van der Waals surface area (Å²) in [6.45, 7) is 3.65. The van der Waals surface area contributed by atoms with Crippen molar-refractivity contribution >= 4 is 27.8 Å². The van der Waals surface area contributed by atoms with Crippen molar-refractivity contribution in [3.63, 3.8) is 0 Å². The van der Waals surface area contributed by atoms with Gasteiger partial charge in [-0.3, -0.25) is 9.69 Å². The summed E-state index contributed by atoms with van der Waals surface area (Å²) in [5.41, 5.74) is 0.761. The zero-order valence-electron chi connectivity index (χ0n) is 12.1. The number of likely N-dealkylation sites (N-methyl/N-ethyl adjacent to an activating group) is 1. The van der Waals surface area contributed by atoms with E-state index in [1.165, 1.54) is 6.07 Å². The van der Waals surface area contributed by atoms with Gasteiger partial charge in [-0.15, -0.1) is 11.3 Å². The molecule has 2 unspecified atom stereocenters. The zero-order chi connectivity index (χ0) is 16.3. The second kappa shape index (κ2) is 7.02. The lowest BCUT2D eigenvalue weighted by Crippen LogP contribution is -2.43. The number of nitrogens with zero attached hydrogens (tertiary/aromatic N) is 1. The number of thiophene rings is 1. The highest BCUT2D eigenvalue weighted by Crippen LogP contribution is 2.41. The molecule has 10 heteroatoms. The van der Waals surface area contributed by atoms with Gasteiger partial charge in [0, 0.05) is 19.1 Å². The van der Waals surface area contributed by atoms with E-state index in [2.05, 4.69) is 5.32 Å². The highest BCUT2D eigenvalue weighted by Gasteiger charge is 2.37. The molecule has 22 heavy (non-hydrogen) atoms. The SMILES string of the molecule is CCNC1CN(CCO)C(OC=O)c2sc(S(N)(=O)=O)cc21. The van der Waals surface area contributed by atoms with E-state index >= 15 is 0 Å². The molecule has 1 aliphatic heterocycles. The van der Waals surface area contributed by atoms with Gasteiger partial charge in [0.1, 0.15) is 4.21 Å². The van der Waals surface area contributed by atoms with Crippen LogP contribution in [0.25, 0.3) is 0 Å². The third-order valence-electron chi connectivity index (χ3n) is 3.42. The largest absolute Gasteiger partial charge is 0.443 e. The van der Waals surface area contributed by atoms with Crippen LogP contribution in [0.2, 0.25) is 0 Å². The summed E-state index contributed by atoms with van der Waals surface area (Å²) in [6, 6.07) is 1.41. The Balaban J connectivity index is 2.49. The van der Waals surface area contributed by atoms with Crippen molar-refractivity contribution in [2.45, 2.75) is 23.4 Å². The first-order valence-electron chi connectivity index (χ1n) is 6.76. The third kappa shape index (κ3) is 3.47. The molecule has 124 valence electrons. The molecule has 0 saturated carbocycles. The fourth-order valence-corrected chi connectivity index (χ4v) is 4.61. The van der Waals surface area contributed by atoms with E-state index in [1.807, 2.05) is 6.92 Å². The van der Waals surface area contributed by atoms with Gasteiger partial charge in [0.05, 0.1) is 11.5 Å². The van der Waals surface area contributed by atoms with Crippen molar-refractivity contribution in [3.05, 3.63) is 16.5 Å². The second-order valence-electron chi connectivity index (χ2n) is 4.84.